The van der Waals surface area contributed by atoms with Gasteiger partial charge in [0.15, 0.2) is 0 Å². The Labute approximate surface area is 258 Å². The standard InChI is InChI=1S/C32H32Cl2FN3O5/c33-20-6-4-19(5-7-20)24-10-11-26-28(25(24)15-22-9-8-21(34)17-37-22)29(40)38(35)32(26,43-18-31(12-13-31)30(36)41)27(39)16-23-3-1-2-14-42-23/h4-11,17,23,27,39H,1-3,12-16,18H2,(H2,36,41)/t23?,27?,32-/m1/s1. The van der Waals surface area contributed by atoms with E-state index < -0.39 is 29.1 Å². The molecule has 226 valence electrons. The minimum absolute atomic E-state index is 0.0212. The number of aliphatic hydroxyl groups is 1. The van der Waals surface area contributed by atoms with Gasteiger partial charge in [-0.2, -0.15) is 0 Å². The molecule has 3 aromatic rings. The van der Waals surface area contributed by atoms with Crippen molar-refractivity contribution in [2.75, 3.05) is 13.2 Å². The molecule has 6 rings (SSSR count). The second kappa shape index (κ2) is 11.8. The maximum atomic E-state index is 16.6. The molecule has 3 heterocycles. The third kappa shape index (κ3) is 5.53. The smallest absolute Gasteiger partial charge is 0.285 e. The maximum absolute atomic E-state index is 16.6. The topological polar surface area (TPSA) is 115 Å². The number of rotatable bonds is 10. The van der Waals surface area contributed by atoms with Crippen LogP contribution < -0.4 is 5.73 Å². The van der Waals surface area contributed by atoms with Gasteiger partial charge in [0.25, 0.3) is 5.91 Å². The number of halogens is 3. The van der Waals surface area contributed by atoms with E-state index in [9.17, 15) is 14.7 Å². The van der Waals surface area contributed by atoms with Gasteiger partial charge in [0.1, 0.15) is 6.10 Å². The van der Waals surface area contributed by atoms with Crippen LogP contribution in [0.1, 0.15) is 65.7 Å². The van der Waals surface area contributed by atoms with Crippen LogP contribution in [0.15, 0.2) is 54.7 Å². The molecule has 2 aromatic carbocycles. The lowest BCUT2D eigenvalue weighted by Gasteiger charge is -2.39. The number of hydrogen-bond acceptors (Lipinski definition) is 6. The molecule has 1 aliphatic carbocycles. The molecule has 2 amide bonds. The number of carbonyl (C=O) groups excluding carboxylic acids is 2. The molecule has 0 spiro atoms. The van der Waals surface area contributed by atoms with E-state index >= 15 is 4.48 Å². The van der Waals surface area contributed by atoms with E-state index in [2.05, 4.69) is 4.98 Å². The van der Waals surface area contributed by atoms with Gasteiger partial charge in [0, 0.05) is 41.9 Å². The van der Waals surface area contributed by atoms with Crippen molar-refractivity contribution in [2.45, 2.75) is 62.9 Å². The van der Waals surface area contributed by atoms with Gasteiger partial charge in [-0.1, -0.05) is 51.9 Å². The zero-order valence-corrected chi connectivity index (χ0v) is 24.9. The molecular formula is C32H32Cl2FN3O5. The number of nitrogens with two attached hydrogens (primary N) is 1. The minimum Gasteiger partial charge on any atom is -0.388 e. The predicted octanol–water partition coefficient (Wildman–Crippen LogP) is 5.74. The fourth-order valence-electron chi connectivity index (χ4n) is 6.12. The molecule has 2 fully saturated rings. The number of hydrogen-bond donors (Lipinski definition) is 2. The zero-order chi connectivity index (χ0) is 30.4. The highest BCUT2D eigenvalue weighted by Crippen LogP contribution is 2.52. The lowest BCUT2D eigenvalue weighted by atomic mass is 9.85. The van der Waals surface area contributed by atoms with Gasteiger partial charge >= 0.3 is 0 Å². The van der Waals surface area contributed by atoms with Crippen LogP contribution in [-0.2, 0) is 26.4 Å². The summed E-state index contributed by atoms with van der Waals surface area (Å²) in [4.78, 5) is 30.6. The number of benzene rings is 2. The Morgan fingerprint density at radius 3 is 2.51 bits per heavy atom. The molecule has 1 saturated heterocycles. The van der Waals surface area contributed by atoms with Gasteiger partial charge in [0.05, 0.1) is 28.7 Å². The van der Waals surface area contributed by atoms with Gasteiger partial charge in [-0.25, -0.2) is 0 Å². The van der Waals surface area contributed by atoms with Gasteiger partial charge in [-0.3, -0.25) is 14.6 Å². The van der Waals surface area contributed by atoms with Crippen molar-refractivity contribution >= 4 is 35.0 Å². The van der Waals surface area contributed by atoms with Crippen molar-refractivity contribution in [2.24, 2.45) is 11.1 Å². The lowest BCUT2D eigenvalue weighted by molar-refractivity contribution is -0.264. The van der Waals surface area contributed by atoms with E-state index in [-0.39, 0.29) is 41.8 Å². The first kappa shape index (κ1) is 30.0. The molecule has 3 aliphatic rings. The number of carbonyl (C=O) groups is 2. The summed E-state index contributed by atoms with van der Waals surface area (Å²) >= 11 is 12.2. The average Bonchev–Trinajstić information content (AvgIpc) is 3.77. The first-order valence-corrected chi connectivity index (χ1v) is 15.2. The Kier molecular flexibility index (Phi) is 8.21. The first-order valence-electron chi connectivity index (χ1n) is 14.4. The van der Waals surface area contributed by atoms with Gasteiger partial charge in [-0.05, 0) is 73.1 Å². The summed E-state index contributed by atoms with van der Waals surface area (Å²) in [7, 11) is 0. The van der Waals surface area contributed by atoms with Crippen LogP contribution in [0, 0.1) is 5.41 Å². The van der Waals surface area contributed by atoms with Crippen molar-refractivity contribution in [1.82, 2.24) is 10.1 Å². The number of nitrogens with zero attached hydrogens (tertiary/aromatic N) is 2. The predicted molar refractivity (Wildman–Crippen MR) is 159 cm³/mol. The molecule has 43 heavy (non-hydrogen) atoms. The van der Waals surface area contributed by atoms with Crippen LogP contribution >= 0.6 is 23.2 Å². The van der Waals surface area contributed by atoms with E-state index in [0.29, 0.717) is 52.7 Å². The highest BCUT2D eigenvalue weighted by Gasteiger charge is 2.60. The van der Waals surface area contributed by atoms with Crippen molar-refractivity contribution in [3.63, 3.8) is 0 Å². The zero-order valence-electron chi connectivity index (χ0n) is 23.4. The fraction of sp³-hybridized carbons (Fsp3) is 0.406. The molecular weight excluding hydrogens is 596 g/mol. The number of primary amides is 1. The highest BCUT2D eigenvalue weighted by molar-refractivity contribution is 6.30. The molecule has 3 N–H and O–H groups in total. The van der Waals surface area contributed by atoms with E-state index in [4.69, 9.17) is 38.4 Å². The number of aliphatic hydroxyl groups excluding tert-OH is 1. The summed E-state index contributed by atoms with van der Waals surface area (Å²) in [6, 6.07) is 13.9. The molecule has 0 bridgehead atoms. The molecule has 1 aromatic heterocycles. The Morgan fingerprint density at radius 2 is 1.88 bits per heavy atom. The normalized spacial score (nSPS) is 23.2. The first-order chi connectivity index (χ1) is 20.6. The monoisotopic (exact) mass is 627 g/mol. The van der Waals surface area contributed by atoms with Crippen LogP contribution in [0.3, 0.4) is 0 Å². The largest absolute Gasteiger partial charge is 0.388 e. The van der Waals surface area contributed by atoms with Gasteiger partial charge in [0.2, 0.25) is 11.6 Å². The summed E-state index contributed by atoms with van der Waals surface area (Å²) in [6.45, 7) is 0.290. The third-order valence-electron chi connectivity index (χ3n) is 8.84. The van der Waals surface area contributed by atoms with Crippen molar-refractivity contribution < 1.29 is 28.7 Å². The molecule has 11 heteroatoms. The highest BCUT2D eigenvalue weighted by atomic mass is 35.5. The van der Waals surface area contributed by atoms with E-state index in [1.165, 1.54) is 6.20 Å². The number of aromatic nitrogens is 1. The van der Waals surface area contributed by atoms with Crippen LogP contribution in [0.5, 0.6) is 0 Å². The summed E-state index contributed by atoms with van der Waals surface area (Å²) < 4.78 is 28.7. The quantitative estimate of drug-likeness (QED) is 0.277. The number of amides is 2. The molecule has 8 nitrogen and oxygen atoms in total. The summed E-state index contributed by atoms with van der Waals surface area (Å²) in [5, 5.41) is 12.7. The van der Waals surface area contributed by atoms with E-state index in [1.54, 1.807) is 36.4 Å². The van der Waals surface area contributed by atoms with Crippen molar-refractivity contribution in [1.29, 1.82) is 0 Å². The molecule has 2 unspecified atom stereocenters. The van der Waals surface area contributed by atoms with Crippen molar-refractivity contribution in [3.8, 4) is 11.1 Å². The van der Waals surface area contributed by atoms with E-state index in [0.717, 1.165) is 18.4 Å². The fourth-order valence-corrected chi connectivity index (χ4v) is 6.36. The summed E-state index contributed by atoms with van der Waals surface area (Å²) in [5.74, 6) is -1.52. The summed E-state index contributed by atoms with van der Waals surface area (Å²) in [5.41, 5.74) is 5.25. The minimum atomic E-state index is -2.21. The van der Waals surface area contributed by atoms with Gasteiger partial charge < -0.3 is 20.3 Å². The van der Waals surface area contributed by atoms with Crippen LogP contribution in [0.2, 0.25) is 10.0 Å². The summed E-state index contributed by atoms with van der Waals surface area (Å²) in [6.07, 6.45) is 3.33. The van der Waals surface area contributed by atoms with Crippen LogP contribution in [0.25, 0.3) is 11.1 Å². The Morgan fingerprint density at radius 1 is 1.14 bits per heavy atom. The Balaban J connectivity index is 1.50. The van der Waals surface area contributed by atoms with Crippen LogP contribution in [0.4, 0.5) is 4.48 Å². The average molecular weight is 629 g/mol. The number of fused-ring (bicyclic) bond motifs is 1. The molecule has 0 radical (unpaired) electrons. The lowest BCUT2D eigenvalue weighted by Crippen LogP contribution is -2.53. The Bertz CT molecular complexity index is 1530. The second-order valence-corrected chi connectivity index (χ2v) is 12.5. The number of pyridine rings is 1. The van der Waals surface area contributed by atoms with Crippen LogP contribution in [-0.4, -0.2) is 52.4 Å². The SMILES string of the molecule is NC(=O)C1(CO[C@@]2(C(O)CC3CCCCO3)c3ccc(-c4ccc(Cl)cc4)c(Cc4ccc(Cl)cn4)c3C(=O)N2F)CC1. The number of ether oxygens (including phenoxy) is 2. The maximum Gasteiger partial charge on any atom is 0.285 e. The molecule has 3 atom stereocenters. The third-order valence-corrected chi connectivity index (χ3v) is 9.32. The van der Waals surface area contributed by atoms with Crippen molar-refractivity contribution in [3.05, 3.63) is 87.2 Å². The Hall–Kier alpha value is -3.08. The second-order valence-electron chi connectivity index (χ2n) is 11.6. The molecule has 2 aliphatic heterocycles. The van der Waals surface area contributed by atoms with Gasteiger partial charge in [-0.15, -0.1) is 5.12 Å². The molecule has 1 saturated carbocycles. The van der Waals surface area contributed by atoms with E-state index in [1.807, 2.05) is 12.1 Å².